The smallest absolute Gasteiger partial charge is 0.111 e. The third-order valence-corrected chi connectivity index (χ3v) is 4.70. The van der Waals surface area contributed by atoms with E-state index in [2.05, 4.69) is 9.47 Å². The zero-order valence-electron chi connectivity index (χ0n) is 12.2. The Morgan fingerprint density at radius 2 is 1.90 bits per heavy atom. The number of benzene rings is 1. The molecule has 0 N–H and O–H groups in total. The maximum Gasteiger partial charge on any atom is 0.111 e. The van der Waals surface area contributed by atoms with E-state index in [0.717, 1.165) is 41.4 Å². The molecule has 1 fully saturated rings. The second-order valence-electron chi connectivity index (χ2n) is 5.63. The minimum atomic E-state index is 0.588. The van der Waals surface area contributed by atoms with Crippen LogP contribution in [0.15, 0.2) is 18.2 Å². The Hall–Kier alpha value is -0.770. The number of hydrogen-bond donors (Lipinski definition) is 0. The van der Waals surface area contributed by atoms with E-state index in [1.54, 1.807) is 0 Å². The summed E-state index contributed by atoms with van der Waals surface area (Å²) in [6.07, 6.45) is 4.79. The van der Waals surface area contributed by atoms with Crippen LogP contribution in [-0.4, -0.2) is 40.0 Å². The molecular formula is C16H21Cl2N3. The molecule has 0 amide bonds. The van der Waals surface area contributed by atoms with Gasteiger partial charge in [0.15, 0.2) is 0 Å². The van der Waals surface area contributed by atoms with Gasteiger partial charge in [0.25, 0.3) is 0 Å². The van der Waals surface area contributed by atoms with Gasteiger partial charge in [-0.3, -0.25) is 0 Å². The van der Waals surface area contributed by atoms with E-state index >= 15 is 0 Å². The van der Waals surface area contributed by atoms with E-state index in [4.69, 9.17) is 28.2 Å². The van der Waals surface area contributed by atoms with Crippen molar-refractivity contribution in [3.8, 4) is 0 Å². The molecule has 1 saturated heterocycles. The second-order valence-corrected chi connectivity index (χ2v) is 6.41. The van der Waals surface area contributed by atoms with E-state index in [-0.39, 0.29) is 0 Å². The van der Waals surface area contributed by atoms with Crippen molar-refractivity contribution >= 4 is 34.2 Å². The molecule has 2 heterocycles. The molecule has 0 atom stereocenters. The molecule has 0 aliphatic carbocycles. The number of piperidine rings is 1. The monoisotopic (exact) mass is 325 g/mol. The molecular weight excluding hydrogens is 305 g/mol. The number of alkyl halides is 1. The summed E-state index contributed by atoms with van der Waals surface area (Å²) in [7, 11) is 0. The van der Waals surface area contributed by atoms with Gasteiger partial charge in [-0.1, -0.05) is 24.1 Å². The first-order valence-corrected chi connectivity index (χ1v) is 8.63. The number of aromatic nitrogens is 2. The molecule has 0 spiro atoms. The lowest BCUT2D eigenvalue weighted by Gasteiger charge is -2.26. The van der Waals surface area contributed by atoms with Crippen molar-refractivity contribution in [1.29, 1.82) is 0 Å². The standard InChI is InChI=1S/C16H21Cl2N3/c17-8-7-15-19-14-6-4-5-13(18)16(14)21(15)12-11-20-9-2-1-3-10-20/h4-6H,1-3,7-12H2. The van der Waals surface area contributed by atoms with Crippen LogP contribution in [0, 0.1) is 0 Å². The molecule has 21 heavy (non-hydrogen) atoms. The van der Waals surface area contributed by atoms with Crippen LogP contribution in [0.3, 0.4) is 0 Å². The highest BCUT2D eigenvalue weighted by Gasteiger charge is 2.15. The summed E-state index contributed by atoms with van der Waals surface area (Å²) >= 11 is 12.3. The average Bonchev–Trinajstić information content (AvgIpc) is 2.85. The molecule has 0 bridgehead atoms. The maximum absolute atomic E-state index is 6.39. The lowest BCUT2D eigenvalue weighted by atomic mass is 10.1. The van der Waals surface area contributed by atoms with Crippen LogP contribution in [-0.2, 0) is 13.0 Å². The summed E-state index contributed by atoms with van der Waals surface area (Å²) in [5, 5.41) is 0.777. The molecule has 1 aliphatic rings. The quantitative estimate of drug-likeness (QED) is 0.776. The van der Waals surface area contributed by atoms with Crippen LogP contribution in [0.4, 0.5) is 0 Å². The van der Waals surface area contributed by atoms with E-state index in [1.807, 2.05) is 18.2 Å². The third-order valence-electron chi connectivity index (χ3n) is 4.20. The minimum absolute atomic E-state index is 0.588. The molecule has 3 nitrogen and oxygen atoms in total. The first kappa shape index (κ1) is 15.1. The number of nitrogens with zero attached hydrogens (tertiary/aromatic N) is 3. The molecule has 0 unspecified atom stereocenters. The predicted molar refractivity (Wildman–Crippen MR) is 89.5 cm³/mol. The summed E-state index contributed by atoms with van der Waals surface area (Å²) < 4.78 is 2.26. The van der Waals surface area contributed by atoms with Gasteiger partial charge in [0, 0.05) is 25.4 Å². The average molecular weight is 326 g/mol. The molecule has 1 aromatic carbocycles. The number of halogens is 2. The predicted octanol–water partition coefficient (Wildman–Crippen LogP) is 3.96. The zero-order valence-corrected chi connectivity index (χ0v) is 13.7. The fourth-order valence-corrected chi connectivity index (χ4v) is 3.57. The molecule has 5 heteroatoms. The zero-order chi connectivity index (χ0) is 14.7. The number of fused-ring (bicyclic) bond motifs is 1. The largest absolute Gasteiger partial charge is 0.325 e. The van der Waals surface area contributed by atoms with Crippen molar-refractivity contribution in [2.24, 2.45) is 0 Å². The first-order valence-electron chi connectivity index (χ1n) is 7.71. The van der Waals surface area contributed by atoms with Crippen LogP contribution in [0.2, 0.25) is 5.02 Å². The molecule has 114 valence electrons. The van der Waals surface area contributed by atoms with Gasteiger partial charge >= 0.3 is 0 Å². The van der Waals surface area contributed by atoms with E-state index in [1.165, 1.54) is 32.4 Å². The summed E-state index contributed by atoms with van der Waals surface area (Å²) in [6, 6.07) is 5.92. The lowest BCUT2D eigenvalue weighted by Crippen LogP contribution is -2.32. The number of hydrogen-bond acceptors (Lipinski definition) is 2. The van der Waals surface area contributed by atoms with Gasteiger partial charge in [0.1, 0.15) is 5.82 Å². The number of para-hydroxylation sites is 1. The van der Waals surface area contributed by atoms with Crippen molar-refractivity contribution in [2.75, 3.05) is 25.5 Å². The minimum Gasteiger partial charge on any atom is -0.325 e. The highest BCUT2D eigenvalue weighted by atomic mass is 35.5. The van der Waals surface area contributed by atoms with Crippen LogP contribution in [0.1, 0.15) is 25.1 Å². The molecule has 0 saturated carbocycles. The number of likely N-dealkylation sites (tertiary alicyclic amines) is 1. The third kappa shape index (κ3) is 3.36. The van der Waals surface area contributed by atoms with Crippen molar-refractivity contribution in [3.05, 3.63) is 29.0 Å². The van der Waals surface area contributed by atoms with Crippen LogP contribution < -0.4 is 0 Å². The van der Waals surface area contributed by atoms with Crippen LogP contribution in [0.5, 0.6) is 0 Å². The number of imidazole rings is 1. The fraction of sp³-hybridized carbons (Fsp3) is 0.562. The van der Waals surface area contributed by atoms with Gasteiger partial charge < -0.3 is 9.47 Å². The highest BCUT2D eigenvalue weighted by Crippen LogP contribution is 2.25. The molecule has 2 aromatic rings. The van der Waals surface area contributed by atoms with Crippen molar-refractivity contribution in [1.82, 2.24) is 14.5 Å². The van der Waals surface area contributed by atoms with Gasteiger partial charge in [0.05, 0.1) is 16.1 Å². The Bertz CT molecular complexity index is 603. The number of aryl methyl sites for hydroxylation is 1. The van der Waals surface area contributed by atoms with Gasteiger partial charge in [-0.25, -0.2) is 4.98 Å². The Balaban J connectivity index is 1.85. The van der Waals surface area contributed by atoms with E-state index < -0.39 is 0 Å². The second kappa shape index (κ2) is 6.99. The Morgan fingerprint density at radius 3 is 2.67 bits per heavy atom. The topological polar surface area (TPSA) is 21.1 Å². The van der Waals surface area contributed by atoms with Crippen molar-refractivity contribution in [2.45, 2.75) is 32.2 Å². The van der Waals surface area contributed by atoms with E-state index in [9.17, 15) is 0 Å². The lowest BCUT2D eigenvalue weighted by molar-refractivity contribution is 0.221. The van der Waals surface area contributed by atoms with Gasteiger partial charge in [-0.15, -0.1) is 11.6 Å². The molecule has 1 aliphatic heterocycles. The van der Waals surface area contributed by atoms with Gasteiger partial charge in [-0.05, 0) is 38.1 Å². The molecule has 1 aromatic heterocycles. The summed E-state index contributed by atoms with van der Waals surface area (Å²) in [5.74, 6) is 1.63. The van der Waals surface area contributed by atoms with Crippen LogP contribution in [0.25, 0.3) is 11.0 Å². The van der Waals surface area contributed by atoms with Gasteiger partial charge in [-0.2, -0.15) is 0 Å². The number of rotatable bonds is 5. The van der Waals surface area contributed by atoms with Crippen LogP contribution >= 0.6 is 23.2 Å². The Morgan fingerprint density at radius 1 is 1.10 bits per heavy atom. The SMILES string of the molecule is ClCCc1nc2cccc(Cl)c2n1CCN1CCCCC1. The highest BCUT2D eigenvalue weighted by molar-refractivity contribution is 6.35. The molecule has 0 radical (unpaired) electrons. The Labute approximate surface area is 135 Å². The van der Waals surface area contributed by atoms with Crippen molar-refractivity contribution < 1.29 is 0 Å². The van der Waals surface area contributed by atoms with Crippen molar-refractivity contribution in [3.63, 3.8) is 0 Å². The normalized spacial score (nSPS) is 16.7. The first-order chi connectivity index (χ1) is 10.3. The molecule has 3 rings (SSSR count). The Kier molecular flexibility index (Phi) is 5.04. The summed E-state index contributed by atoms with van der Waals surface area (Å²) in [6.45, 7) is 4.43. The summed E-state index contributed by atoms with van der Waals surface area (Å²) in [4.78, 5) is 7.24. The maximum atomic E-state index is 6.39. The van der Waals surface area contributed by atoms with Gasteiger partial charge in [0.2, 0.25) is 0 Å². The van der Waals surface area contributed by atoms with E-state index in [0.29, 0.717) is 5.88 Å². The summed E-state index contributed by atoms with van der Waals surface area (Å²) in [5.41, 5.74) is 2.03. The fourth-order valence-electron chi connectivity index (χ4n) is 3.13.